The van der Waals surface area contributed by atoms with Crippen LogP contribution in [-0.2, 0) is 20.7 Å². The maximum atomic E-state index is 13.4. The number of anilines is 1. The second kappa shape index (κ2) is 14.0. The molecule has 0 aliphatic carbocycles. The van der Waals surface area contributed by atoms with Crippen molar-refractivity contribution in [2.75, 3.05) is 32.7 Å². The lowest BCUT2D eigenvalue weighted by Crippen LogP contribution is -2.46. The minimum Gasteiger partial charge on any atom is -0.493 e. The van der Waals surface area contributed by atoms with Crippen LogP contribution in [0, 0.1) is 0 Å². The van der Waals surface area contributed by atoms with Crippen LogP contribution in [0.2, 0.25) is 5.02 Å². The molecule has 0 spiro atoms. The summed E-state index contributed by atoms with van der Waals surface area (Å²) in [5.74, 6) is 0.238. The third-order valence-electron chi connectivity index (χ3n) is 6.22. The van der Waals surface area contributed by atoms with Crippen LogP contribution in [0.15, 0.2) is 71.7 Å². The first-order valence-corrected chi connectivity index (χ1v) is 14.2. The molecular formula is C30H30ClN3O6S. The van der Waals surface area contributed by atoms with Gasteiger partial charge < -0.3 is 19.5 Å². The Bertz CT molecular complexity index is 1430. The average molecular weight is 596 g/mol. The molecule has 1 atom stereocenters. The Morgan fingerprint density at radius 3 is 2.39 bits per heavy atom. The van der Waals surface area contributed by atoms with Crippen LogP contribution in [0.5, 0.6) is 11.5 Å². The molecule has 0 unspecified atom stereocenters. The Kier molecular flexibility index (Phi) is 10.3. The van der Waals surface area contributed by atoms with Gasteiger partial charge in [-0.05, 0) is 79.6 Å². The van der Waals surface area contributed by atoms with Gasteiger partial charge in [0.1, 0.15) is 5.25 Å². The number of benzene rings is 3. The first-order valence-electron chi connectivity index (χ1n) is 12.9. The van der Waals surface area contributed by atoms with E-state index in [1.165, 1.54) is 11.8 Å². The number of halogens is 1. The molecular weight excluding hydrogens is 566 g/mol. The fourth-order valence-electron chi connectivity index (χ4n) is 4.09. The minimum absolute atomic E-state index is 0.00296. The van der Waals surface area contributed by atoms with E-state index < -0.39 is 11.2 Å². The number of thioether (sulfide) groups is 1. The van der Waals surface area contributed by atoms with Crippen molar-refractivity contribution in [2.24, 2.45) is 4.99 Å². The number of rotatable bonds is 10. The SMILES string of the molecule is CCOC(=O)c1ccc(NC(=O)[C@H]2CC(=O)N(CCc3ccc(OC)c(OC)c3)C(=Nc3ccc(Cl)cc3)S2)cc1. The van der Waals surface area contributed by atoms with Gasteiger partial charge in [0.05, 0.1) is 32.1 Å². The van der Waals surface area contributed by atoms with Gasteiger partial charge in [-0.1, -0.05) is 29.4 Å². The van der Waals surface area contributed by atoms with E-state index in [-0.39, 0.29) is 24.8 Å². The maximum Gasteiger partial charge on any atom is 0.338 e. The summed E-state index contributed by atoms with van der Waals surface area (Å²) in [5, 5.41) is 3.12. The molecule has 41 heavy (non-hydrogen) atoms. The molecule has 1 fully saturated rings. The van der Waals surface area contributed by atoms with Gasteiger partial charge in [-0.3, -0.25) is 14.5 Å². The van der Waals surface area contributed by atoms with E-state index in [9.17, 15) is 14.4 Å². The Balaban J connectivity index is 1.51. The van der Waals surface area contributed by atoms with Crippen LogP contribution in [0.1, 0.15) is 29.3 Å². The van der Waals surface area contributed by atoms with E-state index in [0.29, 0.717) is 51.6 Å². The summed E-state index contributed by atoms with van der Waals surface area (Å²) in [4.78, 5) is 44.8. The summed E-state index contributed by atoms with van der Waals surface area (Å²) in [6.07, 6.45) is 0.541. The van der Waals surface area contributed by atoms with Gasteiger partial charge >= 0.3 is 5.97 Å². The number of amidine groups is 1. The zero-order valence-electron chi connectivity index (χ0n) is 22.9. The summed E-state index contributed by atoms with van der Waals surface area (Å²) < 4.78 is 15.7. The quantitative estimate of drug-likeness (QED) is 0.298. The Morgan fingerprint density at radius 1 is 1.02 bits per heavy atom. The highest BCUT2D eigenvalue weighted by Crippen LogP contribution is 2.32. The molecule has 4 rings (SSSR count). The Morgan fingerprint density at radius 2 is 1.73 bits per heavy atom. The number of aliphatic imine (C=N–C) groups is 1. The number of carbonyl (C=O) groups excluding carboxylic acids is 3. The number of nitrogens with one attached hydrogen (secondary N) is 1. The molecule has 3 aromatic carbocycles. The topological polar surface area (TPSA) is 107 Å². The van der Waals surface area contributed by atoms with Gasteiger partial charge in [0.25, 0.3) is 0 Å². The first kappa shape index (κ1) is 30.0. The van der Waals surface area contributed by atoms with E-state index in [4.69, 9.17) is 30.8 Å². The van der Waals surface area contributed by atoms with Crippen molar-refractivity contribution < 1.29 is 28.6 Å². The van der Waals surface area contributed by atoms with Gasteiger partial charge in [-0.2, -0.15) is 0 Å². The molecule has 1 N–H and O–H groups in total. The molecule has 11 heteroatoms. The van der Waals surface area contributed by atoms with Crippen molar-refractivity contribution in [3.63, 3.8) is 0 Å². The molecule has 1 saturated heterocycles. The highest BCUT2D eigenvalue weighted by atomic mass is 35.5. The van der Waals surface area contributed by atoms with Gasteiger partial charge in [0.15, 0.2) is 16.7 Å². The number of nitrogens with zero attached hydrogens (tertiary/aromatic N) is 2. The minimum atomic E-state index is -0.699. The largest absolute Gasteiger partial charge is 0.493 e. The van der Waals surface area contributed by atoms with Gasteiger partial charge in [0.2, 0.25) is 11.8 Å². The maximum absolute atomic E-state index is 13.4. The van der Waals surface area contributed by atoms with Crippen molar-refractivity contribution in [3.05, 3.63) is 82.9 Å². The summed E-state index contributed by atoms with van der Waals surface area (Å²) >= 11 is 7.26. The van der Waals surface area contributed by atoms with Crippen molar-refractivity contribution in [2.45, 2.75) is 25.0 Å². The molecule has 0 radical (unpaired) electrons. The van der Waals surface area contributed by atoms with Crippen molar-refractivity contribution in [1.82, 2.24) is 4.90 Å². The molecule has 1 aliphatic heterocycles. The predicted octanol–water partition coefficient (Wildman–Crippen LogP) is 5.74. The lowest BCUT2D eigenvalue weighted by atomic mass is 10.1. The first-order chi connectivity index (χ1) is 19.8. The highest BCUT2D eigenvalue weighted by molar-refractivity contribution is 8.15. The number of esters is 1. The zero-order valence-corrected chi connectivity index (χ0v) is 24.5. The Hall–Kier alpha value is -4.02. The Labute approximate surface area is 247 Å². The molecule has 1 heterocycles. The van der Waals surface area contributed by atoms with E-state index in [2.05, 4.69) is 5.32 Å². The molecule has 0 aromatic heterocycles. The fraction of sp³-hybridized carbons (Fsp3) is 0.267. The molecule has 2 amide bonds. The summed E-state index contributed by atoms with van der Waals surface area (Å²) in [6.45, 7) is 2.37. The summed E-state index contributed by atoms with van der Waals surface area (Å²) in [6, 6.07) is 19.0. The molecule has 1 aliphatic rings. The van der Waals surface area contributed by atoms with Gasteiger partial charge in [-0.25, -0.2) is 9.79 Å². The molecule has 214 valence electrons. The number of hydrogen-bond acceptors (Lipinski definition) is 8. The lowest BCUT2D eigenvalue weighted by Gasteiger charge is -2.32. The zero-order chi connectivity index (χ0) is 29.4. The second-order valence-electron chi connectivity index (χ2n) is 8.95. The number of amides is 2. The summed E-state index contributed by atoms with van der Waals surface area (Å²) in [5.41, 5.74) is 2.45. The van der Waals surface area contributed by atoms with Crippen LogP contribution < -0.4 is 14.8 Å². The highest BCUT2D eigenvalue weighted by Gasteiger charge is 2.36. The van der Waals surface area contributed by atoms with Crippen molar-refractivity contribution in [1.29, 1.82) is 0 Å². The van der Waals surface area contributed by atoms with Gasteiger partial charge in [-0.15, -0.1) is 0 Å². The van der Waals surface area contributed by atoms with E-state index in [1.54, 1.807) is 74.6 Å². The molecule has 0 bridgehead atoms. The molecule has 3 aromatic rings. The number of ether oxygens (including phenoxy) is 3. The van der Waals surface area contributed by atoms with Crippen molar-refractivity contribution >= 4 is 57.7 Å². The van der Waals surface area contributed by atoms with E-state index in [1.807, 2.05) is 18.2 Å². The average Bonchev–Trinajstić information content (AvgIpc) is 2.98. The number of methoxy groups -OCH3 is 2. The monoisotopic (exact) mass is 595 g/mol. The second-order valence-corrected chi connectivity index (χ2v) is 10.6. The van der Waals surface area contributed by atoms with Crippen LogP contribution in [0.25, 0.3) is 0 Å². The summed E-state index contributed by atoms with van der Waals surface area (Å²) in [7, 11) is 3.15. The van der Waals surface area contributed by atoms with E-state index >= 15 is 0 Å². The van der Waals surface area contributed by atoms with Crippen LogP contribution in [0.3, 0.4) is 0 Å². The lowest BCUT2D eigenvalue weighted by molar-refractivity contribution is -0.129. The van der Waals surface area contributed by atoms with Crippen molar-refractivity contribution in [3.8, 4) is 11.5 Å². The third kappa shape index (κ3) is 7.80. The molecule has 0 saturated carbocycles. The smallest absolute Gasteiger partial charge is 0.338 e. The fourth-order valence-corrected chi connectivity index (χ4v) is 5.34. The van der Waals surface area contributed by atoms with Crippen LogP contribution in [0.4, 0.5) is 11.4 Å². The van der Waals surface area contributed by atoms with Gasteiger partial charge in [0, 0.05) is 23.7 Å². The standard InChI is InChI=1S/C30H30ClN3O6S/c1-4-40-29(37)20-6-10-22(11-7-20)32-28(36)26-18-27(35)34(30(41-26)33-23-12-8-21(31)9-13-23)16-15-19-5-14-24(38-2)25(17-19)39-3/h5-14,17,26H,4,15-16,18H2,1-3H3,(H,32,36)/t26-/m1/s1. The molecule has 9 nitrogen and oxygen atoms in total. The third-order valence-corrected chi connectivity index (χ3v) is 7.66. The van der Waals surface area contributed by atoms with Crippen LogP contribution in [-0.4, -0.2) is 60.5 Å². The normalized spacial score (nSPS) is 15.9. The number of carbonyl (C=O) groups is 3. The number of hydrogen-bond donors (Lipinski definition) is 1. The predicted molar refractivity (Wildman–Crippen MR) is 161 cm³/mol. The van der Waals surface area contributed by atoms with Crippen LogP contribution >= 0.6 is 23.4 Å². The van der Waals surface area contributed by atoms with E-state index in [0.717, 1.165) is 5.56 Å².